The number of ether oxygens (including phenoxy) is 2. The predicted molar refractivity (Wildman–Crippen MR) is 48.6 cm³/mol. The Morgan fingerprint density at radius 2 is 2.00 bits per heavy atom. The van der Waals surface area contributed by atoms with Crippen LogP contribution in [0.25, 0.3) is 0 Å². The molecule has 1 rings (SSSR count). The van der Waals surface area contributed by atoms with Gasteiger partial charge in [0.1, 0.15) is 0 Å². The van der Waals surface area contributed by atoms with Gasteiger partial charge in [0.05, 0.1) is 11.9 Å². The molecule has 0 N–H and O–H groups in total. The summed E-state index contributed by atoms with van der Waals surface area (Å²) in [6, 6.07) is 0. The average Bonchev–Trinajstić information content (AvgIpc) is 1.82. The monoisotopic (exact) mass is 170 g/mol. The van der Waals surface area contributed by atoms with Gasteiger partial charge in [0.2, 0.25) is 6.29 Å². The Bertz CT molecular complexity index is 179. The maximum absolute atomic E-state index is 5.64. The number of hydrogen-bond donors (Lipinski definition) is 0. The first kappa shape index (κ1) is 9.59. The van der Waals surface area contributed by atoms with E-state index in [4.69, 9.17) is 9.47 Å². The van der Waals surface area contributed by atoms with Crippen molar-refractivity contribution in [1.29, 1.82) is 0 Å². The van der Waals surface area contributed by atoms with Crippen molar-refractivity contribution in [3.63, 3.8) is 0 Å². The summed E-state index contributed by atoms with van der Waals surface area (Å²) in [5, 5.41) is 0. The van der Waals surface area contributed by atoms with E-state index >= 15 is 0 Å². The normalized spacial score (nSPS) is 31.5. The highest BCUT2D eigenvalue weighted by atomic mass is 16.7. The van der Waals surface area contributed by atoms with Gasteiger partial charge < -0.3 is 9.47 Å². The summed E-state index contributed by atoms with van der Waals surface area (Å²) >= 11 is 0. The van der Waals surface area contributed by atoms with Gasteiger partial charge in [-0.3, -0.25) is 0 Å². The molecule has 2 atom stereocenters. The van der Waals surface area contributed by atoms with Gasteiger partial charge in [-0.25, -0.2) is 0 Å². The minimum atomic E-state index is -0.145. The molecule has 0 saturated carbocycles. The molecule has 70 valence electrons. The van der Waals surface area contributed by atoms with Crippen LogP contribution < -0.4 is 0 Å². The van der Waals surface area contributed by atoms with Gasteiger partial charge in [0, 0.05) is 11.8 Å². The number of rotatable bonds is 0. The van der Waals surface area contributed by atoms with E-state index in [1.807, 2.05) is 6.92 Å². The lowest BCUT2D eigenvalue weighted by atomic mass is 9.95. The van der Waals surface area contributed by atoms with Crippen molar-refractivity contribution in [3.05, 3.63) is 12.3 Å². The van der Waals surface area contributed by atoms with Gasteiger partial charge >= 0.3 is 0 Å². The summed E-state index contributed by atoms with van der Waals surface area (Å²) in [5.41, 5.74) is 0.0254. The second kappa shape index (κ2) is 3.09. The summed E-state index contributed by atoms with van der Waals surface area (Å²) in [6.45, 7) is 12.2. The molecule has 1 heterocycles. The Balaban J connectivity index is 2.62. The largest absolute Gasteiger partial charge is 0.469 e. The fourth-order valence-corrected chi connectivity index (χ4v) is 1.19. The molecule has 0 amide bonds. The summed E-state index contributed by atoms with van der Waals surface area (Å²) in [4.78, 5) is 0. The third-order valence-corrected chi connectivity index (χ3v) is 1.85. The van der Waals surface area contributed by atoms with Crippen molar-refractivity contribution in [2.45, 2.75) is 46.5 Å². The number of hydrogen-bond acceptors (Lipinski definition) is 2. The molecule has 2 nitrogen and oxygen atoms in total. The van der Waals surface area contributed by atoms with Crippen molar-refractivity contribution in [3.8, 4) is 0 Å². The Kier molecular flexibility index (Phi) is 2.47. The van der Waals surface area contributed by atoms with Crippen LogP contribution >= 0.6 is 0 Å². The molecule has 12 heavy (non-hydrogen) atoms. The van der Waals surface area contributed by atoms with Gasteiger partial charge in [-0.2, -0.15) is 0 Å². The SMILES string of the molecule is C=C1C[C@@H](C)O[C@@H](C(C)(C)C)O1. The average molecular weight is 170 g/mol. The van der Waals surface area contributed by atoms with Crippen molar-refractivity contribution < 1.29 is 9.47 Å². The Morgan fingerprint density at radius 3 is 2.42 bits per heavy atom. The Morgan fingerprint density at radius 1 is 1.42 bits per heavy atom. The van der Waals surface area contributed by atoms with Crippen LogP contribution in [0.3, 0.4) is 0 Å². The lowest BCUT2D eigenvalue weighted by molar-refractivity contribution is -0.223. The standard InChI is InChI=1S/C10H18O2/c1-7-6-8(2)12-9(11-7)10(3,4)5/h8-9H,1,6H2,2-5H3/t8-,9+/m1/s1. The van der Waals surface area contributed by atoms with Gasteiger partial charge in [-0.15, -0.1) is 0 Å². The van der Waals surface area contributed by atoms with E-state index in [2.05, 4.69) is 27.4 Å². The quantitative estimate of drug-likeness (QED) is 0.556. The smallest absolute Gasteiger partial charge is 0.204 e. The second-order valence-electron chi connectivity index (χ2n) is 4.51. The Labute approximate surface area is 74.6 Å². The van der Waals surface area contributed by atoms with Gasteiger partial charge in [-0.1, -0.05) is 27.4 Å². The molecule has 1 saturated heterocycles. The van der Waals surface area contributed by atoms with Gasteiger partial charge in [0.15, 0.2) is 0 Å². The van der Waals surface area contributed by atoms with E-state index < -0.39 is 0 Å². The van der Waals surface area contributed by atoms with Crippen LogP contribution in [-0.4, -0.2) is 12.4 Å². The van der Waals surface area contributed by atoms with Crippen LogP contribution in [0.2, 0.25) is 0 Å². The molecule has 0 aromatic rings. The van der Waals surface area contributed by atoms with E-state index in [1.165, 1.54) is 0 Å². The highest BCUT2D eigenvalue weighted by Crippen LogP contribution is 2.31. The highest BCUT2D eigenvalue weighted by Gasteiger charge is 2.32. The zero-order valence-corrected chi connectivity index (χ0v) is 8.39. The van der Waals surface area contributed by atoms with E-state index in [0.717, 1.165) is 12.2 Å². The molecule has 0 unspecified atom stereocenters. The van der Waals surface area contributed by atoms with Crippen LogP contribution in [-0.2, 0) is 9.47 Å². The first-order valence-corrected chi connectivity index (χ1v) is 4.39. The van der Waals surface area contributed by atoms with Crippen LogP contribution in [0.1, 0.15) is 34.1 Å². The molecular formula is C10H18O2. The molecule has 1 aliphatic rings. The van der Waals surface area contributed by atoms with Gasteiger partial charge in [-0.05, 0) is 6.92 Å². The van der Waals surface area contributed by atoms with Crippen molar-refractivity contribution in [2.75, 3.05) is 0 Å². The van der Waals surface area contributed by atoms with E-state index in [1.54, 1.807) is 0 Å². The van der Waals surface area contributed by atoms with Crippen molar-refractivity contribution in [2.24, 2.45) is 5.41 Å². The summed E-state index contributed by atoms with van der Waals surface area (Å²) < 4.78 is 11.1. The highest BCUT2D eigenvalue weighted by molar-refractivity contribution is 4.90. The van der Waals surface area contributed by atoms with Crippen LogP contribution in [0.5, 0.6) is 0 Å². The van der Waals surface area contributed by atoms with Crippen LogP contribution in [0.4, 0.5) is 0 Å². The maximum Gasteiger partial charge on any atom is 0.204 e. The van der Waals surface area contributed by atoms with Crippen LogP contribution in [0.15, 0.2) is 12.3 Å². The molecule has 1 aliphatic heterocycles. The maximum atomic E-state index is 5.64. The predicted octanol–water partition coefficient (Wildman–Crippen LogP) is 2.70. The lowest BCUT2D eigenvalue weighted by Gasteiger charge is -2.37. The summed E-state index contributed by atoms with van der Waals surface area (Å²) in [7, 11) is 0. The molecule has 0 spiro atoms. The molecule has 2 heteroatoms. The third kappa shape index (κ3) is 2.24. The molecule has 0 bridgehead atoms. The summed E-state index contributed by atoms with van der Waals surface area (Å²) in [5.74, 6) is 0.841. The minimum absolute atomic E-state index is 0.0254. The van der Waals surface area contributed by atoms with E-state index in [0.29, 0.717) is 0 Å². The third-order valence-electron chi connectivity index (χ3n) is 1.85. The Hall–Kier alpha value is -0.500. The van der Waals surface area contributed by atoms with E-state index in [9.17, 15) is 0 Å². The topological polar surface area (TPSA) is 18.5 Å². The van der Waals surface area contributed by atoms with Crippen molar-refractivity contribution >= 4 is 0 Å². The lowest BCUT2D eigenvalue weighted by Crippen LogP contribution is -2.38. The van der Waals surface area contributed by atoms with Crippen molar-refractivity contribution in [1.82, 2.24) is 0 Å². The minimum Gasteiger partial charge on any atom is -0.469 e. The molecule has 1 fully saturated rings. The molecule has 0 aromatic carbocycles. The van der Waals surface area contributed by atoms with E-state index in [-0.39, 0.29) is 17.8 Å². The molecular weight excluding hydrogens is 152 g/mol. The zero-order valence-electron chi connectivity index (χ0n) is 8.39. The van der Waals surface area contributed by atoms with Gasteiger partial charge in [0.25, 0.3) is 0 Å². The first-order valence-electron chi connectivity index (χ1n) is 4.39. The fraction of sp³-hybridized carbons (Fsp3) is 0.800. The summed E-state index contributed by atoms with van der Waals surface area (Å²) in [6.07, 6.45) is 0.899. The van der Waals surface area contributed by atoms with Crippen LogP contribution in [0, 0.1) is 5.41 Å². The molecule has 0 aliphatic carbocycles. The second-order valence-corrected chi connectivity index (χ2v) is 4.51. The molecule has 0 radical (unpaired) electrons. The fourth-order valence-electron chi connectivity index (χ4n) is 1.19. The first-order chi connectivity index (χ1) is 5.39. The molecule has 0 aromatic heterocycles. The zero-order chi connectivity index (χ0) is 9.35.